The van der Waals surface area contributed by atoms with Gasteiger partial charge in [0.2, 0.25) is 0 Å². The molecule has 2 aromatic carbocycles. The van der Waals surface area contributed by atoms with Crippen molar-refractivity contribution in [2.75, 3.05) is 0 Å². The van der Waals surface area contributed by atoms with Crippen LogP contribution in [0.3, 0.4) is 0 Å². The van der Waals surface area contributed by atoms with Crippen molar-refractivity contribution in [3.63, 3.8) is 0 Å². The highest BCUT2D eigenvalue weighted by atomic mass is 35.5. The van der Waals surface area contributed by atoms with E-state index in [4.69, 9.17) is 11.6 Å². The van der Waals surface area contributed by atoms with Gasteiger partial charge in [-0.05, 0) is 35.4 Å². The van der Waals surface area contributed by atoms with Gasteiger partial charge in [0.15, 0.2) is 0 Å². The number of hydrogen-bond donors (Lipinski definition) is 1. The predicted octanol–water partition coefficient (Wildman–Crippen LogP) is 3.48. The number of nitro groups is 1. The summed E-state index contributed by atoms with van der Waals surface area (Å²) in [5, 5.41) is 13.3. The second-order valence-electron chi connectivity index (χ2n) is 5.47. The highest BCUT2D eigenvalue weighted by molar-refractivity contribution is 6.32. The molecule has 2 aromatic rings. The largest absolute Gasteiger partial charge is 0.329 e. The van der Waals surface area contributed by atoms with Gasteiger partial charge in [-0.1, -0.05) is 29.8 Å². The molecule has 132 valence electrons. The highest BCUT2D eigenvalue weighted by Crippen LogP contribution is 2.26. The third kappa shape index (κ3) is 3.55. The molecule has 1 heterocycles. The number of imide groups is 1. The van der Waals surface area contributed by atoms with Crippen molar-refractivity contribution in [2.24, 2.45) is 0 Å². The molecule has 0 aromatic heterocycles. The summed E-state index contributed by atoms with van der Waals surface area (Å²) in [5.41, 5.74) is 0.598. The van der Waals surface area contributed by atoms with E-state index in [2.05, 4.69) is 5.32 Å². The lowest BCUT2D eigenvalue weighted by molar-refractivity contribution is -0.384. The molecule has 0 unspecified atom stereocenters. The number of benzene rings is 2. The average Bonchev–Trinajstić information content (AvgIpc) is 2.85. The Hall–Kier alpha value is -3.26. The van der Waals surface area contributed by atoms with Gasteiger partial charge in [-0.15, -0.1) is 0 Å². The van der Waals surface area contributed by atoms with E-state index in [1.807, 2.05) is 0 Å². The van der Waals surface area contributed by atoms with Crippen LogP contribution in [0.1, 0.15) is 11.1 Å². The normalized spacial score (nSPS) is 15.5. The van der Waals surface area contributed by atoms with Crippen molar-refractivity contribution in [2.45, 2.75) is 6.54 Å². The topological polar surface area (TPSA) is 92.5 Å². The van der Waals surface area contributed by atoms with E-state index in [1.165, 1.54) is 48.5 Å². The Morgan fingerprint density at radius 3 is 2.54 bits per heavy atom. The zero-order valence-corrected chi connectivity index (χ0v) is 13.9. The molecule has 0 radical (unpaired) electrons. The third-order valence-electron chi connectivity index (χ3n) is 3.69. The van der Waals surface area contributed by atoms with E-state index in [9.17, 15) is 24.1 Å². The second-order valence-corrected chi connectivity index (χ2v) is 5.88. The number of hydrogen-bond acceptors (Lipinski definition) is 4. The van der Waals surface area contributed by atoms with E-state index in [0.29, 0.717) is 11.1 Å². The maximum atomic E-state index is 12.9. The molecule has 0 saturated carbocycles. The molecule has 0 atom stereocenters. The van der Waals surface area contributed by atoms with Crippen molar-refractivity contribution in [1.29, 1.82) is 0 Å². The lowest BCUT2D eigenvalue weighted by Gasteiger charge is -2.11. The molecular weight excluding hydrogens is 365 g/mol. The molecule has 26 heavy (non-hydrogen) atoms. The zero-order chi connectivity index (χ0) is 18.8. The summed E-state index contributed by atoms with van der Waals surface area (Å²) in [7, 11) is 0. The molecule has 3 rings (SSSR count). The van der Waals surface area contributed by atoms with Crippen molar-refractivity contribution >= 4 is 35.3 Å². The maximum absolute atomic E-state index is 12.9. The molecular formula is C17H11ClFN3O4. The average molecular weight is 376 g/mol. The van der Waals surface area contributed by atoms with Crippen LogP contribution in [0.25, 0.3) is 6.08 Å². The van der Waals surface area contributed by atoms with E-state index in [-0.39, 0.29) is 23.0 Å². The molecule has 7 nitrogen and oxygen atoms in total. The van der Waals surface area contributed by atoms with Crippen molar-refractivity contribution in [1.82, 2.24) is 10.2 Å². The Kier molecular flexibility index (Phi) is 4.68. The predicted molar refractivity (Wildman–Crippen MR) is 91.6 cm³/mol. The fourth-order valence-electron chi connectivity index (χ4n) is 2.41. The Labute approximate surface area is 151 Å². The van der Waals surface area contributed by atoms with Gasteiger partial charge in [-0.25, -0.2) is 9.18 Å². The van der Waals surface area contributed by atoms with Gasteiger partial charge in [0.1, 0.15) is 16.5 Å². The van der Waals surface area contributed by atoms with Gasteiger partial charge >= 0.3 is 6.03 Å². The summed E-state index contributed by atoms with van der Waals surface area (Å²) in [4.78, 5) is 35.7. The molecule has 9 heteroatoms. The molecule has 1 saturated heterocycles. The van der Waals surface area contributed by atoms with Crippen LogP contribution in [0.2, 0.25) is 5.02 Å². The molecule has 0 aliphatic carbocycles. The number of nitrogens with zero attached hydrogens (tertiary/aromatic N) is 2. The number of rotatable bonds is 4. The number of amides is 3. The van der Waals surface area contributed by atoms with Crippen LogP contribution in [0, 0.1) is 15.9 Å². The number of carbonyl (C=O) groups excluding carboxylic acids is 2. The summed E-state index contributed by atoms with van der Waals surface area (Å²) < 4.78 is 12.9. The zero-order valence-electron chi connectivity index (χ0n) is 13.1. The first-order valence-corrected chi connectivity index (χ1v) is 7.76. The second kappa shape index (κ2) is 6.93. The number of urea groups is 1. The lowest BCUT2D eigenvalue weighted by atomic mass is 10.1. The van der Waals surface area contributed by atoms with E-state index >= 15 is 0 Å². The Bertz CT molecular complexity index is 944. The molecule has 1 aliphatic heterocycles. The summed E-state index contributed by atoms with van der Waals surface area (Å²) in [5.74, 6) is -1.01. The summed E-state index contributed by atoms with van der Waals surface area (Å²) in [6.07, 6.45) is 1.33. The van der Waals surface area contributed by atoms with Gasteiger partial charge in [0, 0.05) is 6.07 Å². The highest BCUT2D eigenvalue weighted by Gasteiger charge is 2.33. The Balaban J connectivity index is 1.84. The first-order chi connectivity index (χ1) is 12.3. The number of carbonyl (C=O) groups is 2. The first kappa shape index (κ1) is 17.6. The smallest absolute Gasteiger partial charge is 0.303 e. The minimum atomic E-state index is -0.639. The van der Waals surface area contributed by atoms with Gasteiger partial charge in [0.25, 0.3) is 11.6 Å². The van der Waals surface area contributed by atoms with Crippen molar-refractivity contribution in [3.8, 4) is 0 Å². The standard InChI is InChI=1S/C17H11ClFN3O4/c18-13-6-3-11(8-15(13)22(25)26)7-14-16(23)21(17(24)20-14)9-10-1-4-12(19)5-2-10/h1-8H,9H2,(H,20,24). The molecule has 0 bridgehead atoms. The lowest BCUT2D eigenvalue weighted by Crippen LogP contribution is -2.30. The first-order valence-electron chi connectivity index (χ1n) is 7.38. The van der Waals surface area contributed by atoms with Crippen LogP contribution in [-0.4, -0.2) is 21.8 Å². The molecule has 1 N–H and O–H groups in total. The molecule has 3 amide bonds. The van der Waals surface area contributed by atoms with Gasteiger partial charge in [-0.2, -0.15) is 0 Å². The molecule has 0 spiro atoms. The van der Waals surface area contributed by atoms with Crippen LogP contribution in [-0.2, 0) is 11.3 Å². The number of nitro benzene ring substituents is 1. The minimum absolute atomic E-state index is 0.0197. The molecule has 1 fully saturated rings. The summed E-state index contributed by atoms with van der Waals surface area (Å²) in [6.45, 7) is -0.0247. The van der Waals surface area contributed by atoms with Gasteiger partial charge in [-0.3, -0.25) is 19.8 Å². The quantitative estimate of drug-likeness (QED) is 0.383. The van der Waals surface area contributed by atoms with E-state index in [0.717, 1.165) is 4.90 Å². The third-order valence-corrected chi connectivity index (χ3v) is 4.01. The van der Waals surface area contributed by atoms with E-state index < -0.39 is 22.7 Å². The van der Waals surface area contributed by atoms with Crippen LogP contribution in [0.5, 0.6) is 0 Å². The van der Waals surface area contributed by atoms with Gasteiger partial charge < -0.3 is 5.32 Å². The Morgan fingerprint density at radius 1 is 1.19 bits per heavy atom. The van der Waals surface area contributed by atoms with Crippen molar-refractivity contribution in [3.05, 3.63) is 80.2 Å². The molecule has 1 aliphatic rings. The van der Waals surface area contributed by atoms with Crippen LogP contribution in [0.4, 0.5) is 14.9 Å². The minimum Gasteiger partial charge on any atom is -0.303 e. The summed E-state index contributed by atoms with van der Waals surface area (Å²) in [6, 6.07) is 8.81. The van der Waals surface area contributed by atoms with Crippen molar-refractivity contribution < 1.29 is 18.9 Å². The SMILES string of the molecule is O=C1NC(=Cc2ccc(Cl)c([N+](=O)[O-])c2)C(=O)N1Cc1ccc(F)cc1. The Morgan fingerprint density at radius 2 is 1.88 bits per heavy atom. The van der Waals surface area contributed by atoms with Crippen LogP contribution < -0.4 is 5.32 Å². The maximum Gasteiger partial charge on any atom is 0.329 e. The van der Waals surface area contributed by atoms with Crippen LogP contribution >= 0.6 is 11.6 Å². The monoisotopic (exact) mass is 375 g/mol. The van der Waals surface area contributed by atoms with Crippen LogP contribution in [0.15, 0.2) is 48.2 Å². The summed E-state index contributed by atoms with van der Waals surface area (Å²) >= 11 is 5.75. The number of nitrogens with one attached hydrogen (secondary N) is 1. The fourth-order valence-corrected chi connectivity index (χ4v) is 2.60. The van der Waals surface area contributed by atoms with Gasteiger partial charge in [0.05, 0.1) is 11.5 Å². The number of halogens is 2. The van der Waals surface area contributed by atoms with E-state index in [1.54, 1.807) is 0 Å². The fraction of sp³-hybridized carbons (Fsp3) is 0.0588.